The van der Waals surface area contributed by atoms with Gasteiger partial charge in [0, 0.05) is 32.2 Å². The number of aryl methyl sites for hydroxylation is 2. The molecule has 0 saturated heterocycles. The molecule has 4 nitrogen and oxygen atoms in total. The molecule has 0 amide bonds. The van der Waals surface area contributed by atoms with Crippen LogP contribution in [0.1, 0.15) is 30.5 Å². The standard InChI is InChI=1S/C12H22N4/c1-9-11(8-13-2)12(16(4)14-9)15(3)10-6-5-7-10/h10,13H,5-8H2,1-4H3. The van der Waals surface area contributed by atoms with Gasteiger partial charge < -0.3 is 10.2 Å². The minimum atomic E-state index is 0.713. The zero-order valence-corrected chi connectivity index (χ0v) is 10.7. The quantitative estimate of drug-likeness (QED) is 0.837. The van der Waals surface area contributed by atoms with Crippen LogP contribution < -0.4 is 10.2 Å². The van der Waals surface area contributed by atoms with Gasteiger partial charge in [0.25, 0.3) is 0 Å². The molecule has 1 saturated carbocycles. The Kier molecular flexibility index (Phi) is 3.19. The molecule has 1 aliphatic carbocycles. The zero-order chi connectivity index (χ0) is 11.7. The maximum absolute atomic E-state index is 4.53. The van der Waals surface area contributed by atoms with E-state index < -0.39 is 0 Å². The zero-order valence-electron chi connectivity index (χ0n) is 10.7. The molecule has 0 atom stereocenters. The molecule has 0 aliphatic heterocycles. The van der Waals surface area contributed by atoms with Gasteiger partial charge in [-0.05, 0) is 33.2 Å². The van der Waals surface area contributed by atoms with Crippen LogP contribution in [0.4, 0.5) is 5.82 Å². The number of nitrogens with one attached hydrogen (secondary N) is 1. The highest BCUT2D eigenvalue weighted by molar-refractivity contribution is 5.50. The Morgan fingerprint density at radius 3 is 2.69 bits per heavy atom. The molecule has 0 aromatic carbocycles. The second-order valence-electron chi connectivity index (χ2n) is 4.74. The van der Waals surface area contributed by atoms with E-state index in [0.717, 1.165) is 12.2 Å². The maximum atomic E-state index is 4.53. The van der Waals surface area contributed by atoms with Crippen molar-refractivity contribution in [1.29, 1.82) is 0 Å². The van der Waals surface area contributed by atoms with Crippen molar-refractivity contribution >= 4 is 5.82 Å². The second kappa shape index (κ2) is 4.45. The summed E-state index contributed by atoms with van der Waals surface area (Å²) < 4.78 is 2.01. The third-order valence-electron chi connectivity index (χ3n) is 3.62. The highest BCUT2D eigenvalue weighted by Gasteiger charge is 2.26. The van der Waals surface area contributed by atoms with Gasteiger partial charge >= 0.3 is 0 Å². The number of nitrogens with zero attached hydrogens (tertiary/aromatic N) is 3. The summed E-state index contributed by atoms with van der Waals surface area (Å²) in [6.45, 7) is 2.98. The van der Waals surface area contributed by atoms with Crippen LogP contribution in [0.2, 0.25) is 0 Å². The van der Waals surface area contributed by atoms with Gasteiger partial charge in [-0.15, -0.1) is 0 Å². The molecule has 0 bridgehead atoms. The summed E-state index contributed by atoms with van der Waals surface area (Å²) in [4.78, 5) is 2.40. The van der Waals surface area contributed by atoms with Crippen LogP contribution in [0.25, 0.3) is 0 Å². The van der Waals surface area contributed by atoms with Gasteiger partial charge in [-0.2, -0.15) is 5.10 Å². The Morgan fingerprint density at radius 2 is 2.19 bits per heavy atom. The van der Waals surface area contributed by atoms with Crippen LogP contribution in [0.5, 0.6) is 0 Å². The van der Waals surface area contributed by atoms with Gasteiger partial charge in [0.15, 0.2) is 0 Å². The lowest BCUT2D eigenvalue weighted by atomic mass is 9.91. The minimum Gasteiger partial charge on any atom is -0.357 e. The van der Waals surface area contributed by atoms with Crippen molar-refractivity contribution in [2.75, 3.05) is 19.0 Å². The molecule has 0 spiro atoms. The van der Waals surface area contributed by atoms with Crippen LogP contribution in [-0.2, 0) is 13.6 Å². The van der Waals surface area contributed by atoms with E-state index in [1.165, 1.54) is 30.6 Å². The van der Waals surface area contributed by atoms with Gasteiger partial charge in [-0.3, -0.25) is 4.68 Å². The fourth-order valence-electron chi connectivity index (χ4n) is 2.46. The van der Waals surface area contributed by atoms with Crippen molar-refractivity contribution in [3.63, 3.8) is 0 Å². The molecular weight excluding hydrogens is 200 g/mol. The van der Waals surface area contributed by atoms with E-state index >= 15 is 0 Å². The van der Waals surface area contributed by atoms with Gasteiger partial charge in [-0.1, -0.05) is 0 Å². The molecule has 1 aliphatic rings. The predicted molar refractivity (Wildman–Crippen MR) is 66.8 cm³/mol. The molecule has 1 aromatic rings. The van der Waals surface area contributed by atoms with Gasteiger partial charge in [0.2, 0.25) is 0 Å². The molecule has 1 N–H and O–H groups in total. The van der Waals surface area contributed by atoms with Crippen LogP contribution in [0, 0.1) is 6.92 Å². The summed E-state index contributed by atoms with van der Waals surface area (Å²) in [5, 5.41) is 7.75. The van der Waals surface area contributed by atoms with E-state index in [9.17, 15) is 0 Å². The molecule has 0 unspecified atom stereocenters. The molecule has 90 valence electrons. The lowest BCUT2D eigenvalue weighted by molar-refractivity contribution is 0.395. The van der Waals surface area contributed by atoms with E-state index in [0.29, 0.717) is 6.04 Å². The summed E-state index contributed by atoms with van der Waals surface area (Å²) in [5.41, 5.74) is 2.47. The van der Waals surface area contributed by atoms with E-state index in [1.54, 1.807) is 0 Å². The van der Waals surface area contributed by atoms with E-state index in [2.05, 4.69) is 29.3 Å². The fraction of sp³-hybridized carbons (Fsp3) is 0.750. The van der Waals surface area contributed by atoms with E-state index in [1.807, 2.05) is 18.8 Å². The highest BCUT2D eigenvalue weighted by atomic mass is 15.4. The molecule has 2 rings (SSSR count). The predicted octanol–water partition coefficient (Wildman–Crippen LogP) is 1.44. The number of anilines is 1. The first-order valence-corrected chi connectivity index (χ1v) is 6.05. The molecule has 1 aromatic heterocycles. The number of hydrogen-bond acceptors (Lipinski definition) is 3. The summed E-state index contributed by atoms with van der Waals surface area (Å²) in [5.74, 6) is 1.27. The van der Waals surface area contributed by atoms with Crippen molar-refractivity contribution in [3.05, 3.63) is 11.3 Å². The molecule has 1 heterocycles. The first kappa shape index (κ1) is 11.5. The summed E-state index contributed by atoms with van der Waals surface area (Å²) in [6.07, 6.45) is 4.01. The highest BCUT2D eigenvalue weighted by Crippen LogP contribution is 2.31. The fourth-order valence-corrected chi connectivity index (χ4v) is 2.46. The Bertz CT molecular complexity index is 365. The van der Waals surface area contributed by atoms with Crippen molar-refractivity contribution < 1.29 is 0 Å². The summed E-state index contributed by atoms with van der Waals surface area (Å²) in [7, 11) is 6.22. The van der Waals surface area contributed by atoms with Crippen LogP contribution in [0.3, 0.4) is 0 Å². The first-order valence-electron chi connectivity index (χ1n) is 6.05. The largest absolute Gasteiger partial charge is 0.357 e. The molecule has 4 heteroatoms. The summed E-state index contributed by atoms with van der Waals surface area (Å²) >= 11 is 0. The maximum Gasteiger partial charge on any atom is 0.131 e. The van der Waals surface area contributed by atoms with Gasteiger partial charge in [-0.25, -0.2) is 0 Å². The van der Waals surface area contributed by atoms with Crippen molar-refractivity contribution in [2.24, 2.45) is 7.05 Å². The number of rotatable bonds is 4. The van der Waals surface area contributed by atoms with Crippen LogP contribution >= 0.6 is 0 Å². The van der Waals surface area contributed by atoms with E-state index in [-0.39, 0.29) is 0 Å². The SMILES string of the molecule is CNCc1c(C)nn(C)c1N(C)C1CCC1. The second-order valence-corrected chi connectivity index (χ2v) is 4.74. The third kappa shape index (κ3) is 1.82. The monoisotopic (exact) mass is 222 g/mol. The minimum absolute atomic E-state index is 0.713. The van der Waals surface area contributed by atoms with Gasteiger partial charge in [0.1, 0.15) is 5.82 Å². The Labute approximate surface area is 97.6 Å². The van der Waals surface area contributed by atoms with Gasteiger partial charge in [0.05, 0.1) is 5.69 Å². The smallest absolute Gasteiger partial charge is 0.131 e. The molecule has 0 radical (unpaired) electrons. The van der Waals surface area contributed by atoms with Crippen molar-refractivity contribution in [2.45, 2.75) is 38.8 Å². The van der Waals surface area contributed by atoms with Crippen molar-refractivity contribution in [1.82, 2.24) is 15.1 Å². The topological polar surface area (TPSA) is 33.1 Å². The van der Waals surface area contributed by atoms with Crippen LogP contribution in [0.15, 0.2) is 0 Å². The summed E-state index contributed by atoms with van der Waals surface area (Å²) in [6, 6.07) is 0.713. The van der Waals surface area contributed by atoms with E-state index in [4.69, 9.17) is 0 Å². The lowest BCUT2D eigenvalue weighted by Gasteiger charge is -2.36. The lowest BCUT2D eigenvalue weighted by Crippen LogP contribution is -2.38. The Balaban J connectivity index is 2.29. The molecular formula is C12H22N4. The average molecular weight is 222 g/mol. The number of hydrogen-bond donors (Lipinski definition) is 1. The Hall–Kier alpha value is -1.03. The van der Waals surface area contributed by atoms with Crippen LogP contribution in [-0.4, -0.2) is 29.9 Å². The first-order chi connectivity index (χ1) is 7.65. The molecule has 16 heavy (non-hydrogen) atoms. The van der Waals surface area contributed by atoms with Crippen molar-refractivity contribution in [3.8, 4) is 0 Å². The molecule has 1 fully saturated rings. The third-order valence-corrected chi connectivity index (χ3v) is 3.62. The Morgan fingerprint density at radius 1 is 1.50 bits per heavy atom. The average Bonchev–Trinajstić information content (AvgIpc) is 2.39. The number of aromatic nitrogens is 2. The normalized spacial score (nSPS) is 16.2.